The first-order valence-electron chi connectivity index (χ1n) is 7.96. The number of esters is 1. The van der Waals surface area contributed by atoms with Gasteiger partial charge in [-0.25, -0.2) is 9.59 Å². The highest BCUT2D eigenvalue weighted by Gasteiger charge is 2.40. The first-order valence-corrected chi connectivity index (χ1v) is 7.96. The molecule has 0 saturated heterocycles. The van der Waals surface area contributed by atoms with Crippen molar-refractivity contribution in [2.24, 2.45) is 0 Å². The SMILES string of the molecule is CC(=O)COC(=O)C1=C(C)NC(C)=C(C(=O)O)C1c1ccccc1[N+](=O)[O-]. The molecule has 1 aromatic rings. The molecule has 0 amide bonds. The number of nitrogens with one attached hydrogen (secondary N) is 1. The van der Waals surface area contributed by atoms with E-state index >= 15 is 0 Å². The van der Waals surface area contributed by atoms with Gasteiger partial charge in [-0.3, -0.25) is 14.9 Å². The van der Waals surface area contributed by atoms with Crippen LogP contribution >= 0.6 is 0 Å². The van der Waals surface area contributed by atoms with Gasteiger partial charge in [0.1, 0.15) is 6.61 Å². The molecule has 0 aliphatic carbocycles. The third-order valence-corrected chi connectivity index (χ3v) is 4.06. The van der Waals surface area contributed by atoms with Crippen LogP contribution in [0.2, 0.25) is 0 Å². The highest BCUT2D eigenvalue weighted by atomic mass is 16.6. The normalized spacial score (nSPS) is 16.6. The number of ether oxygens (including phenoxy) is 1. The molecule has 9 nitrogen and oxygen atoms in total. The van der Waals surface area contributed by atoms with Gasteiger partial charge in [0.15, 0.2) is 5.78 Å². The molecule has 2 rings (SSSR count). The topological polar surface area (TPSA) is 136 Å². The van der Waals surface area contributed by atoms with E-state index in [1.807, 2.05) is 0 Å². The lowest BCUT2D eigenvalue weighted by molar-refractivity contribution is -0.385. The van der Waals surface area contributed by atoms with Crippen LogP contribution in [-0.4, -0.2) is 34.4 Å². The number of hydrogen-bond donors (Lipinski definition) is 2. The molecule has 142 valence electrons. The van der Waals surface area contributed by atoms with Gasteiger partial charge in [0, 0.05) is 23.0 Å². The average Bonchev–Trinajstić information content (AvgIpc) is 2.58. The summed E-state index contributed by atoms with van der Waals surface area (Å²) in [5.41, 5.74) is -0.00538. The number of dihydropyridines is 1. The van der Waals surface area contributed by atoms with Crippen molar-refractivity contribution in [2.45, 2.75) is 26.7 Å². The van der Waals surface area contributed by atoms with Gasteiger partial charge in [-0.05, 0) is 20.8 Å². The molecule has 1 aliphatic heterocycles. The summed E-state index contributed by atoms with van der Waals surface area (Å²) in [6.45, 7) is 3.80. The third kappa shape index (κ3) is 4.02. The minimum absolute atomic E-state index is 0.0508. The zero-order chi connectivity index (χ0) is 20.3. The van der Waals surface area contributed by atoms with Crippen molar-refractivity contribution in [3.8, 4) is 0 Å². The average molecular weight is 374 g/mol. The fraction of sp³-hybridized carbons (Fsp3) is 0.278. The Morgan fingerprint density at radius 3 is 2.33 bits per heavy atom. The monoisotopic (exact) mass is 374 g/mol. The lowest BCUT2D eigenvalue weighted by atomic mass is 9.79. The summed E-state index contributed by atoms with van der Waals surface area (Å²) in [5, 5.41) is 23.9. The number of ketones is 1. The van der Waals surface area contributed by atoms with Crippen LogP contribution in [-0.2, 0) is 19.1 Å². The number of carbonyl (C=O) groups excluding carboxylic acids is 2. The number of benzene rings is 1. The minimum atomic E-state index is -1.33. The molecule has 0 saturated carbocycles. The summed E-state index contributed by atoms with van der Waals surface area (Å²) < 4.78 is 4.96. The Bertz CT molecular complexity index is 899. The van der Waals surface area contributed by atoms with Gasteiger partial charge >= 0.3 is 11.9 Å². The molecule has 0 fully saturated rings. The molecule has 1 aromatic carbocycles. The molecule has 1 unspecified atom stereocenters. The first-order chi connectivity index (χ1) is 12.6. The molecule has 0 bridgehead atoms. The maximum atomic E-state index is 12.6. The highest BCUT2D eigenvalue weighted by molar-refractivity contribution is 6.00. The smallest absolute Gasteiger partial charge is 0.337 e. The largest absolute Gasteiger partial charge is 0.478 e. The molecular formula is C18H18N2O7. The lowest BCUT2D eigenvalue weighted by Crippen LogP contribution is -2.32. The Labute approximate surface area is 154 Å². The Kier molecular flexibility index (Phi) is 5.74. The summed E-state index contributed by atoms with van der Waals surface area (Å²) >= 11 is 0. The minimum Gasteiger partial charge on any atom is -0.478 e. The molecule has 2 N–H and O–H groups in total. The first kappa shape index (κ1) is 19.8. The number of hydrogen-bond acceptors (Lipinski definition) is 7. The Morgan fingerprint density at radius 1 is 1.19 bits per heavy atom. The van der Waals surface area contributed by atoms with Gasteiger partial charge < -0.3 is 15.2 Å². The Morgan fingerprint density at radius 2 is 1.78 bits per heavy atom. The van der Waals surface area contributed by atoms with E-state index in [1.54, 1.807) is 0 Å². The van der Waals surface area contributed by atoms with Crippen molar-refractivity contribution in [3.05, 3.63) is 62.5 Å². The molecular weight excluding hydrogens is 356 g/mol. The molecule has 1 atom stereocenters. The maximum Gasteiger partial charge on any atom is 0.337 e. The van der Waals surface area contributed by atoms with Crippen LogP contribution in [0.15, 0.2) is 46.8 Å². The van der Waals surface area contributed by atoms with Crippen LogP contribution in [0.25, 0.3) is 0 Å². The van der Waals surface area contributed by atoms with Crippen LogP contribution in [0.5, 0.6) is 0 Å². The highest BCUT2D eigenvalue weighted by Crippen LogP contribution is 2.42. The maximum absolute atomic E-state index is 12.6. The van der Waals surface area contributed by atoms with Crippen LogP contribution in [0.3, 0.4) is 0 Å². The van der Waals surface area contributed by atoms with Crippen molar-refractivity contribution in [2.75, 3.05) is 6.61 Å². The van der Waals surface area contributed by atoms with E-state index < -0.39 is 35.2 Å². The fourth-order valence-electron chi connectivity index (χ4n) is 3.00. The number of carboxylic acid groups (broad SMARTS) is 1. The summed E-state index contributed by atoms with van der Waals surface area (Å²) in [6, 6.07) is 5.60. The van der Waals surface area contributed by atoms with Gasteiger partial charge in [-0.15, -0.1) is 0 Å². The van der Waals surface area contributed by atoms with Gasteiger partial charge in [-0.1, -0.05) is 18.2 Å². The quantitative estimate of drug-likeness (QED) is 0.439. The van der Waals surface area contributed by atoms with Gasteiger partial charge in [0.05, 0.1) is 22.0 Å². The number of carbonyl (C=O) groups is 3. The molecule has 1 aliphatic rings. The zero-order valence-electron chi connectivity index (χ0n) is 14.9. The van der Waals surface area contributed by atoms with E-state index in [0.29, 0.717) is 5.70 Å². The predicted octanol–water partition coefficient (Wildman–Crippen LogP) is 2.05. The number of para-hydroxylation sites is 1. The zero-order valence-corrected chi connectivity index (χ0v) is 14.9. The molecule has 27 heavy (non-hydrogen) atoms. The van der Waals surface area contributed by atoms with Crippen LogP contribution in [0.1, 0.15) is 32.3 Å². The van der Waals surface area contributed by atoms with E-state index in [9.17, 15) is 29.6 Å². The second-order valence-corrected chi connectivity index (χ2v) is 6.03. The number of nitro benzene ring substituents is 1. The number of carboxylic acids is 1. The Hall–Kier alpha value is -3.49. The van der Waals surface area contributed by atoms with Crippen molar-refractivity contribution in [3.63, 3.8) is 0 Å². The van der Waals surface area contributed by atoms with E-state index in [2.05, 4.69) is 5.32 Å². The van der Waals surface area contributed by atoms with Crippen LogP contribution in [0, 0.1) is 10.1 Å². The van der Waals surface area contributed by atoms with Crippen LogP contribution < -0.4 is 5.32 Å². The molecule has 0 aromatic heterocycles. The predicted molar refractivity (Wildman–Crippen MR) is 93.6 cm³/mol. The van der Waals surface area contributed by atoms with Crippen molar-refractivity contribution < 1.29 is 29.2 Å². The van der Waals surface area contributed by atoms with E-state index in [-0.39, 0.29) is 28.1 Å². The fourth-order valence-corrected chi connectivity index (χ4v) is 3.00. The van der Waals surface area contributed by atoms with Gasteiger partial charge in [0.25, 0.3) is 5.69 Å². The number of aliphatic carboxylic acids is 1. The van der Waals surface area contributed by atoms with Crippen molar-refractivity contribution in [1.82, 2.24) is 5.32 Å². The number of rotatable bonds is 6. The Balaban J connectivity index is 2.69. The number of Topliss-reactive ketones (excluding diaryl/α,β-unsaturated/α-hetero) is 1. The second kappa shape index (κ2) is 7.81. The van der Waals surface area contributed by atoms with Gasteiger partial charge in [-0.2, -0.15) is 0 Å². The van der Waals surface area contributed by atoms with Crippen LogP contribution in [0.4, 0.5) is 5.69 Å². The molecule has 9 heteroatoms. The van der Waals surface area contributed by atoms with Gasteiger partial charge in [0.2, 0.25) is 0 Å². The summed E-state index contributed by atoms with van der Waals surface area (Å²) in [4.78, 5) is 46.4. The number of allylic oxidation sites excluding steroid dienone is 2. The number of nitrogens with zero attached hydrogens (tertiary/aromatic N) is 1. The molecule has 1 heterocycles. The molecule has 0 spiro atoms. The van der Waals surface area contributed by atoms with E-state index in [1.165, 1.54) is 45.0 Å². The third-order valence-electron chi connectivity index (χ3n) is 4.06. The van der Waals surface area contributed by atoms with Crippen molar-refractivity contribution >= 4 is 23.4 Å². The van der Waals surface area contributed by atoms with Crippen molar-refractivity contribution in [1.29, 1.82) is 0 Å². The lowest BCUT2D eigenvalue weighted by Gasteiger charge is -2.29. The number of nitro groups is 1. The summed E-state index contributed by atoms with van der Waals surface area (Å²) in [6.07, 6.45) is 0. The molecule has 0 radical (unpaired) electrons. The van der Waals surface area contributed by atoms with E-state index in [4.69, 9.17) is 4.74 Å². The van der Waals surface area contributed by atoms with E-state index in [0.717, 1.165) is 0 Å². The summed E-state index contributed by atoms with van der Waals surface area (Å²) in [5.74, 6) is -3.85. The standard InChI is InChI=1S/C18H18N2O7/c1-9(21)8-27-18(24)15-11(3)19-10(2)14(17(22)23)16(15)12-6-4-5-7-13(12)20(25)26/h4-7,16,19H,8H2,1-3H3,(H,22,23). The summed E-state index contributed by atoms with van der Waals surface area (Å²) in [7, 11) is 0. The second-order valence-electron chi connectivity index (χ2n) is 6.03.